The van der Waals surface area contributed by atoms with E-state index in [1.54, 1.807) is 13.0 Å². The van der Waals surface area contributed by atoms with Crippen LogP contribution < -0.4 is 10.9 Å². The standard InChI is InChI=1S/C16H14BrF3N2O2/c1-10(11-4-2-5-12(17)8-11)21-14(23)9-22-7-3-6-13(15(22)24)16(18,19)20/h2-8,10H,9H2,1H3,(H,21,23). The van der Waals surface area contributed by atoms with Crippen molar-refractivity contribution in [2.24, 2.45) is 0 Å². The van der Waals surface area contributed by atoms with Gasteiger partial charge in [0.1, 0.15) is 12.1 Å². The number of halogens is 4. The minimum Gasteiger partial charge on any atom is -0.348 e. The fourth-order valence-corrected chi connectivity index (χ4v) is 2.60. The zero-order chi connectivity index (χ0) is 17.9. The first-order chi connectivity index (χ1) is 11.2. The van der Waals surface area contributed by atoms with Crippen LogP contribution in [-0.2, 0) is 17.5 Å². The fourth-order valence-electron chi connectivity index (χ4n) is 2.18. The van der Waals surface area contributed by atoms with Crippen LogP contribution in [0.2, 0.25) is 0 Å². The number of nitrogens with one attached hydrogen (secondary N) is 1. The third-order valence-electron chi connectivity index (χ3n) is 3.37. The summed E-state index contributed by atoms with van der Waals surface area (Å²) < 4.78 is 39.7. The van der Waals surface area contributed by atoms with Gasteiger partial charge in [-0.1, -0.05) is 28.1 Å². The van der Waals surface area contributed by atoms with E-state index in [2.05, 4.69) is 21.2 Å². The van der Waals surface area contributed by atoms with E-state index in [4.69, 9.17) is 0 Å². The molecule has 1 amide bonds. The second-order valence-corrected chi connectivity index (χ2v) is 6.11. The molecule has 1 atom stereocenters. The Hall–Kier alpha value is -2.09. The highest BCUT2D eigenvalue weighted by Gasteiger charge is 2.34. The predicted molar refractivity (Wildman–Crippen MR) is 86.4 cm³/mol. The van der Waals surface area contributed by atoms with Gasteiger partial charge in [-0.25, -0.2) is 0 Å². The van der Waals surface area contributed by atoms with E-state index in [1.165, 1.54) is 0 Å². The van der Waals surface area contributed by atoms with Gasteiger partial charge in [-0.15, -0.1) is 0 Å². The molecule has 0 aliphatic rings. The minimum absolute atomic E-state index is 0.350. The Morgan fingerprint density at radius 2 is 2.00 bits per heavy atom. The highest BCUT2D eigenvalue weighted by Crippen LogP contribution is 2.26. The Morgan fingerprint density at radius 1 is 1.29 bits per heavy atom. The largest absolute Gasteiger partial charge is 0.421 e. The number of nitrogens with zero attached hydrogens (tertiary/aromatic N) is 1. The number of benzene rings is 1. The van der Waals surface area contributed by atoms with Crippen molar-refractivity contribution in [2.45, 2.75) is 25.7 Å². The van der Waals surface area contributed by atoms with Crippen LogP contribution >= 0.6 is 15.9 Å². The molecule has 0 saturated carbocycles. The zero-order valence-corrected chi connectivity index (χ0v) is 14.2. The summed E-state index contributed by atoms with van der Waals surface area (Å²) in [6.45, 7) is 1.26. The van der Waals surface area contributed by atoms with Gasteiger partial charge in [0.15, 0.2) is 0 Å². The van der Waals surface area contributed by atoms with Crippen molar-refractivity contribution in [3.05, 3.63) is 68.5 Å². The average Bonchev–Trinajstić information content (AvgIpc) is 2.48. The molecule has 0 saturated heterocycles. The summed E-state index contributed by atoms with van der Waals surface area (Å²) in [4.78, 5) is 23.8. The Kier molecular flexibility index (Phi) is 5.48. The van der Waals surface area contributed by atoms with E-state index >= 15 is 0 Å². The molecule has 4 nitrogen and oxygen atoms in total. The first-order valence-corrected chi connectivity index (χ1v) is 7.79. The maximum Gasteiger partial charge on any atom is 0.421 e. The van der Waals surface area contributed by atoms with E-state index < -0.39 is 29.8 Å². The summed E-state index contributed by atoms with van der Waals surface area (Å²) in [6, 6.07) is 8.71. The summed E-state index contributed by atoms with van der Waals surface area (Å²) in [6.07, 6.45) is -3.60. The molecular weight excluding hydrogens is 389 g/mol. The van der Waals surface area contributed by atoms with E-state index in [9.17, 15) is 22.8 Å². The lowest BCUT2D eigenvalue weighted by molar-refractivity contribution is -0.139. The average molecular weight is 403 g/mol. The second kappa shape index (κ2) is 7.21. The fraction of sp³-hybridized carbons (Fsp3) is 0.250. The van der Waals surface area contributed by atoms with Gasteiger partial charge >= 0.3 is 6.18 Å². The molecule has 0 spiro atoms. The number of rotatable bonds is 4. The van der Waals surface area contributed by atoms with Crippen LogP contribution in [0.15, 0.2) is 51.9 Å². The van der Waals surface area contributed by atoms with Crippen LogP contribution in [0.1, 0.15) is 24.1 Å². The molecule has 8 heteroatoms. The van der Waals surface area contributed by atoms with Gasteiger partial charge in [-0.05, 0) is 36.8 Å². The van der Waals surface area contributed by atoms with E-state index in [1.807, 2.05) is 18.2 Å². The topological polar surface area (TPSA) is 51.1 Å². The molecule has 1 N–H and O–H groups in total. The molecule has 0 aliphatic heterocycles. The SMILES string of the molecule is CC(NC(=O)Cn1cccc(C(F)(F)F)c1=O)c1cccc(Br)c1. The van der Waals surface area contributed by atoms with Crippen LogP contribution in [0, 0.1) is 0 Å². The lowest BCUT2D eigenvalue weighted by Crippen LogP contribution is -2.35. The first-order valence-electron chi connectivity index (χ1n) is 7.00. The molecule has 24 heavy (non-hydrogen) atoms. The quantitative estimate of drug-likeness (QED) is 0.850. The third-order valence-corrected chi connectivity index (χ3v) is 3.86. The molecule has 1 aromatic heterocycles. The summed E-state index contributed by atoms with van der Waals surface area (Å²) >= 11 is 3.32. The summed E-state index contributed by atoms with van der Waals surface area (Å²) in [5, 5.41) is 2.66. The number of alkyl halides is 3. The van der Waals surface area contributed by atoms with Gasteiger partial charge in [0, 0.05) is 10.7 Å². The van der Waals surface area contributed by atoms with Crippen molar-refractivity contribution in [1.82, 2.24) is 9.88 Å². The maximum atomic E-state index is 12.7. The molecular formula is C16H14BrF3N2O2. The Morgan fingerprint density at radius 3 is 2.62 bits per heavy atom. The third kappa shape index (κ3) is 4.47. The smallest absolute Gasteiger partial charge is 0.348 e. The van der Waals surface area contributed by atoms with Crippen LogP contribution in [-0.4, -0.2) is 10.5 Å². The van der Waals surface area contributed by atoms with Crippen molar-refractivity contribution >= 4 is 21.8 Å². The monoisotopic (exact) mass is 402 g/mol. The number of amides is 1. The summed E-state index contributed by atoms with van der Waals surface area (Å²) in [5.74, 6) is -0.552. The van der Waals surface area contributed by atoms with Crippen molar-refractivity contribution in [2.75, 3.05) is 0 Å². The maximum absolute atomic E-state index is 12.7. The van der Waals surface area contributed by atoms with Gasteiger partial charge in [0.05, 0.1) is 6.04 Å². The normalized spacial score (nSPS) is 12.7. The number of hydrogen-bond donors (Lipinski definition) is 1. The molecule has 1 unspecified atom stereocenters. The number of aromatic nitrogens is 1. The number of pyridine rings is 1. The molecule has 2 aromatic rings. The molecule has 1 heterocycles. The number of carbonyl (C=O) groups excluding carboxylic acids is 1. The van der Waals surface area contributed by atoms with Gasteiger partial charge in [0.25, 0.3) is 5.56 Å². The van der Waals surface area contributed by atoms with Gasteiger partial charge in [-0.3, -0.25) is 9.59 Å². The predicted octanol–water partition coefficient (Wildman–Crippen LogP) is 3.51. The van der Waals surface area contributed by atoms with Gasteiger partial charge in [0.2, 0.25) is 5.91 Å². The van der Waals surface area contributed by atoms with Crippen molar-refractivity contribution in [3.8, 4) is 0 Å². The Labute approximate surface area is 144 Å². The highest BCUT2D eigenvalue weighted by molar-refractivity contribution is 9.10. The molecule has 2 rings (SSSR count). The molecule has 0 radical (unpaired) electrons. The molecule has 0 fully saturated rings. The summed E-state index contributed by atoms with van der Waals surface area (Å²) in [5.41, 5.74) is -1.71. The molecule has 0 aliphatic carbocycles. The second-order valence-electron chi connectivity index (χ2n) is 5.20. The van der Waals surface area contributed by atoms with Crippen LogP contribution in [0.3, 0.4) is 0 Å². The van der Waals surface area contributed by atoms with E-state index in [-0.39, 0.29) is 6.04 Å². The molecule has 0 bridgehead atoms. The zero-order valence-electron chi connectivity index (χ0n) is 12.6. The van der Waals surface area contributed by atoms with Gasteiger partial charge in [-0.2, -0.15) is 13.2 Å². The first kappa shape index (κ1) is 18.3. The Balaban J connectivity index is 2.12. The lowest BCUT2D eigenvalue weighted by atomic mass is 10.1. The van der Waals surface area contributed by atoms with Gasteiger partial charge < -0.3 is 9.88 Å². The molecule has 1 aromatic carbocycles. The van der Waals surface area contributed by atoms with E-state index in [0.29, 0.717) is 6.07 Å². The van der Waals surface area contributed by atoms with Crippen LogP contribution in [0.4, 0.5) is 13.2 Å². The van der Waals surface area contributed by atoms with Crippen LogP contribution in [0.5, 0.6) is 0 Å². The highest BCUT2D eigenvalue weighted by atomic mass is 79.9. The van der Waals surface area contributed by atoms with Crippen molar-refractivity contribution in [1.29, 1.82) is 0 Å². The minimum atomic E-state index is -4.75. The number of hydrogen-bond acceptors (Lipinski definition) is 2. The summed E-state index contributed by atoms with van der Waals surface area (Å²) in [7, 11) is 0. The van der Waals surface area contributed by atoms with Crippen molar-refractivity contribution < 1.29 is 18.0 Å². The number of carbonyl (C=O) groups is 1. The molecule has 128 valence electrons. The van der Waals surface area contributed by atoms with Crippen LogP contribution in [0.25, 0.3) is 0 Å². The van der Waals surface area contributed by atoms with E-state index in [0.717, 1.165) is 26.9 Å². The Bertz CT molecular complexity index is 802. The lowest BCUT2D eigenvalue weighted by Gasteiger charge is -2.16. The van der Waals surface area contributed by atoms with Crippen molar-refractivity contribution in [3.63, 3.8) is 0 Å².